The van der Waals surface area contributed by atoms with Crippen LogP contribution in [0.1, 0.15) is 10.4 Å². The van der Waals surface area contributed by atoms with Crippen molar-refractivity contribution in [2.75, 3.05) is 20.3 Å². The third-order valence-electron chi connectivity index (χ3n) is 2.07. The van der Waals surface area contributed by atoms with Crippen molar-refractivity contribution < 1.29 is 22.7 Å². The molecule has 7 heteroatoms. The Hall–Kier alpha value is -1.27. The van der Waals surface area contributed by atoms with Crippen LogP contribution >= 0.6 is 11.6 Å². The summed E-state index contributed by atoms with van der Waals surface area (Å²) in [6.45, 7) is 0.153. The van der Waals surface area contributed by atoms with Crippen LogP contribution in [0.2, 0.25) is 0 Å². The van der Waals surface area contributed by atoms with E-state index in [0.717, 1.165) is 0 Å². The van der Waals surface area contributed by atoms with Gasteiger partial charge in [0.05, 0.1) is 12.0 Å². The molecule has 0 aliphatic rings. The molecule has 0 aromatic heterocycles. The van der Waals surface area contributed by atoms with Crippen LogP contribution in [0.3, 0.4) is 0 Å². The Morgan fingerprint density at radius 3 is 2.44 bits per heavy atom. The molecule has 18 heavy (non-hydrogen) atoms. The normalized spacial score (nSPS) is 12.3. The molecule has 100 valence electrons. The number of alkyl halides is 1. The molecule has 0 saturated carbocycles. The van der Waals surface area contributed by atoms with Gasteiger partial charge in [-0.25, -0.2) is 13.2 Å². The highest BCUT2D eigenvalue weighted by atomic mass is 35.5. The van der Waals surface area contributed by atoms with E-state index in [1.807, 2.05) is 0 Å². The summed E-state index contributed by atoms with van der Waals surface area (Å²) in [6.07, 6.45) is 0. The molecule has 0 aliphatic carbocycles. The van der Waals surface area contributed by atoms with E-state index in [9.17, 15) is 18.0 Å². The number of rotatable bonds is 5. The van der Waals surface area contributed by atoms with Gasteiger partial charge in [0, 0.05) is 25.8 Å². The summed E-state index contributed by atoms with van der Waals surface area (Å²) in [5, 5.41) is 1.71. The van der Waals surface area contributed by atoms with Crippen molar-refractivity contribution in [1.29, 1.82) is 0 Å². The van der Waals surface area contributed by atoms with Gasteiger partial charge < -0.3 is 10.1 Å². The van der Waals surface area contributed by atoms with Crippen LogP contribution in [0.15, 0.2) is 12.1 Å². The van der Waals surface area contributed by atoms with Gasteiger partial charge in [0.1, 0.15) is 23.0 Å². The van der Waals surface area contributed by atoms with Gasteiger partial charge in [0.2, 0.25) is 0 Å². The zero-order chi connectivity index (χ0) is 13.7. The molecule has 0 aliphatic heterocycles. The maximum atomic E-state index is 13.2. The van der Waals surface area contributed by atoms with Crippen molar-refractivity contribution in [2.45, 2.75) is 5.38 Å². The summed E-state index contributed by atoms with van der Waals surface area (Å²) >= 11 is 5.73. The number of nitrogens with one attached hydrogen (secondary N) is 1. The average Bonchev–Trinajstić information content (AvgIpc) is 2.25. The first-order valence-corrected chi connectivity index (χ1v) is 5.45. The molecule has 1 aromatic rings. The predicted molar refractivity (Wildman–Crippen MR) is 60.2 cm³/mol. The minimum atomic E-state index is -1.26. The van der Waals surface area contributed by atoms with E-state index in [4.69, 9.17) is 16.3 Å². The molecule has 3 nitrogen and oxygen atoms in total. The predicted octanol–water partition coefficient (Wildman–Crippen LogP) is 2.09. The third-order valence-corrected chi connectivity index (χ3v) is 2.35. The summed E-state index contributed by atoms with van der Waals surface area (Å²) in [6, 6.07) is 0.872. The molecule has 0 radical (unpaired) electrons. The van der Waals surface area contributed by atoms with E-state index in [0.29, 0.717) is 12.1 Å². The first-order chi connectivity index (χ1) is 8.45. The molecule has 0 bridgehead atoms. The Labute approximate surface area is 107 Å². The molecule has 1 N–H and O–H groups in total. The maximum Gasteiger partial charge on any atom is 0.257 e. The van der Waals surface area contributed by atoms with Gasteiger partial charge in [-0.05, 0) is 0 Å². The Kier molecular flexibility index (Phi) is 5.43. The second-order valence-electron chi connectivity index (χ2n) is 3.51. The van der Waals surface area contributed by atoms with Crippen LogP contribution in [0.5, 0.6) is 0 Å². The smallest absolute Gasteiger partial charge is 0.257 e. The number of hydrogen-bond acceptors (Lipinski definition) is 2. The Bertz CT molecular complexity index is 419. The van der Waals surface area contributed by atoms with Gasteiger partial charge >= 0.3 is 0 Å². The summed E-state index contributed by atoms with van der Waals surface area (Å²) in [4.78, 5) is 11.5. The highest BCUT2D eigenvalue weighted by Crippen LogP contribution is 2.14. The Morgan fingerprint density at radius 1 is 1.39 bits per heavy atom. The summed E-state index contributed by atoms with van der Waals surface area (Å²) < 4.78 is 43.8. The van der Waals surface area contributed by atoms with E-state index < -0.39 is 34.3 Å². The number of ether oxygens (including phenoxy) is 1. The number of carbonyl (C=O) groups is 1. The van der Waals surface area contributed by atoms with Crippen LogP contribution in [-0.4, -0.2) is 31.5 Å². The number of hydrogen-bond donors (Lipinski definition) is 1. The lowest BCUT2D eigenvalue weighted by molar-refractivity contribution is 0.0940. The monoisotopic (exact) mass is 281 g/mol. The van der Waals surface area contributed by atoms with Crippen molar-refractivity contribution in [3.8, 4) is 0 Å². The minimum absolute atomic E-state index is 0.0233. The SMILES string of the molecule is COCC(Cl)CNC(=O)c1c(F)cc(F)cc1F. The molecule has 1 amide bonds. The topological polar surface area (TPSA) is 38.3 Å². The number of amides is 1. The van der Waals surface area contributed by atoms with E-state index in [-0.39, 0.29) is 13.2 Å². The lowest BCUT2D eigenvalue weighted by Gasteiger charge is -2.10. The van der Waals surface area contributed by atoms with Gasteiger partial charge in [-0.2, -0.15) is 0 Å². The molecule has 1 atom stereocenters. The maximum absolute atomic E-state index is 13.2. The zero-order valence-electron chi connectivity index (χ0n) is 9.47. The number of halogens is 4. The van der Waals surface area contributed by atoms with Crippen LogP contribution < -0.4 is 5.32 Å². The van der Waals surface area contributed by atoms with Crippen molar-refractivity contribution in [3.05, 3.63) is 35.1 Å². The second kappa shape index (κ2) is 6.61. The average molecular weight is 282 g/mol. The molecule has 0 heterocycles. The van der Waals surface area contributed by atoms with Crippen LogP contribution in [-0.2, 0) is 4.74 Å². The van der Waals surface area contributed by atoms with Gasteiger partial charge in [-0.15, -0.1) is 11.6 Å². The zero-order valence-corrected chi connectivity index (χ0v) is 10.2. The number of carbonyl (C=O) groups excluding carboxylic acids is 1. The van der Waals surface area contributed by atoms with Crippen LogP contribution in [0.4, 0.5) is 13.2 Å². The Morgan fingerprint density at radius 2 is 1.94 bits per heavy atom. The van der Waals surface area contributed by atoms with E-state index >= 15 is 0 Å². The quantitative estimate of drug-likeness (QED) is 0.839. The summed E-state index contributed by atoms with van der Waals surface area (Å²) in [7, 11) is 1.43. The van der Waals surface area contributed by atoms with Gasteiger partial charge in [0.25, 0.3) is 5.91 Å². The molecule has 1 rings (SSSR count). The first kappa shape index (κ1) is 14.8. The van der Waals surface area contributed by atoms with Crippen molar-refractivity contribution in [2.24, 2.45) is 0 Å². The van der Waals surface area contributed by atoms with Gasteiger partial charge in [-0.1, -0.05) is 0 Å². The first-order valence-electron chi connectivity index (χ1n) is 5.01. The second-order valence-corrected chi connectivity index (χ2v) is 4.12. The molecular formula is C11H11ClF3NO2. The highest BCUT2D eigenvalue weighted by Gasteiger charge is 2.19. The van der Waals surface area contributed by atoms with Crippen LogP contribution in [0, 0.1) is 17.5 Å². The molecule has 0 saturated heterocycles. The van der Waals surface area contributed by atoms with E-state index in [2.05, 4.69) is 5.32 Å². The largest absolute Gasteiger partial charge is 0.383 e. The standard InChI is InChI=1S/C11H11ClF3NO2/c1-18-5-6(12)4-16-11(17)10-8(14)2-7(13)3-9(10)15/h2-3,6H,4-5H2,1H3,(H,16,17). The summed E-state index contributed by atoms with van der Waals surface area (Å²) in [5.74, 6) is -4.60. The molecule has 0 fully saturated rings. The van der Waals surface area contributed by atoms with Crippen LogP contribution in [0.25, 0.3) is 0 Å². The fourth-order valence-corrected chi connectivity index (χ4v) is 1.49. The lowest BCUT2D eigenvalue weighted by atomic mass is 10.1. The number of methoxy groups -OCH3 is 1. The highest BCUT2D eigenvalue weighted by molar-refractivity contribution is 6.21. The van der Waals surface area contributed by atoms with Crippen molar-refractivity contribution >= 4 is 17.5 Å². The van der Waals surface area contributed by atoms with Gasteiger partial charge in [0.15, 0.2) is 0 Å². The fraction of sp³-hybridized carbons (Fsp3) is 0.364. The van der Waals surface area contributed by atoms with E-state index in [1.165, 1.54) is 7.11 Å². The minimum Gasteiger partial charge on any atom is -0.383 e. The molecule has 1 unspecified atom stereocenters. The third kappa shape index (κ3) is 3.89. The fourth-order valence-electron chi connectivity index (χ4n) is 1.29. The van der Waals surface area contributed by atoms with Crippen molar-refractivity contribution in [3.63, 3.8) is 0 Å². The molecular weight excluding hydrogens is 271 g/mol. The lowest BCUT2D eigenvalue weighted by Crippen LogP contribution is -2.32. The molecule has 0 spiro atoms. The summed E-state index contributed by atoms with van der Waals surface area (Å²) in [5.41, 5.74) is -0.835. The van der Waals surface area contributed by atoms with Crippen molar-refractivity contribution in [1.82, 2.24) is 5.32 Å². The van der Waals surface area contributed by atoms with Gasteiger partial charge in [-0.3, -0.25) is 4.79 Å². The number of benzene rings is 1. The Balaban J connectivity index is 2.73. The van der Waals surface area contributed by atoms with E-state index in [1.54, 1.807) is 0 Å². The molecule has 1 aromatic carbocycles.